The van der Waals surface area contributed by atoms with Crippen LogP contribution in [0, 0.1) is 0 Å². The second-order valence-corrected chi connectivity index (χ2v) is 9.95. The molecular formula is C25H31N5OS. The number of urea groups is 1. The molecular weight excluding hydrogens is 418 g/mol. The highest BCUT2D eigenvalue weighted by Crippen LogP contribution is 2.30. The van der Waals surface area contributed by atoms with Crippen LogP contribution in [0.5, 0.6) is 0 Å². The molecule has 3 heterocycles. The molecule has 0 spiro atoms. The molecule has 2 aliphatic rings. The molecule has 1 atom stereocenters. The van der Waals surface area contributed by atoms with Crippen molar-refractivity contribution in [2.45, 2.75) is 38.4 Å². The molecule has 0 unspecified atom stereocenters. The molecule has 6 nitrogen and oxygen atoms in total. The van der Waals surface area contributed by atoms with Gasteiger partial charge < -0.3 is 15.1 Å². The Hall–Kier alpha value is -2.64. The van der Waals surface area contributed by atoms with Crippen molar-refractivity contribution in [1.82, 2.24) is 20.1 Å². The molecule has 0 radical (unpaired) electrons. The number of likely N-dealkylation sites (tertiary alicyclic amines) is 1. The second-order valence-electron chi connectivity index (χ2n) is 8.94. The van der Waals surface area contributed by atoms with Crippen molar-refractivity contribution in [1.29, 1.82) is 0 Å². The SMILES string of the molecule is C[C@@H]1CN(c2nc3ccccc3s2)CCN1C(=O)NC1CCN(Cc2ccccc2)CC1. The van der Waals surface area contributed by atoms with Crippen LogP contribution in [0.3, 0.4) is 0 Å². The van der Waals surface area contributed by atoms with Gasteiger partial charge in [0.05, 0.1) is 10.2 Å². The molecule has 5 rings (SSSR count). The lowest BCUT2D eigenvalue weighted by Gasteiger charge is -2.41. The molecule has 2 saturated heterocycles. The summed E-state index contributed by atoms with van der Waals surface area (Å²) in [5.41, 5.74) is 2.41. The summed E-state index contributed by atoms with van der Waals surface area (Å²) >= 11 is 1.74. The molecule has 2 aliphatic heterocycles. The van der Waals surface area contributed by atoms with Crippen molar-refractivity contribution in [3.8, 4) is 0 Å². The molecule has 0 bridgehead atoms. The molecule has 2 aromatic carbocycles. The summed E-state index contributed by atoms with van der Waals surface area (Å²) in [6.45, 7) is 7.57. The Morgan fingerprint density at radius 3 is 2.53 bits per heavy atom. The Bertz CT molecular complexity index is 1010. The van der Waals surface area contributed by atoms with Crippen LogP contribution >= 0.6 is 11.3 Å². The van der Waals surface area contributed by atoms with Crippen molar-refractivity contribution in [2.24, 2.45) is 0 Å². The fourth-order valence-electron chi connectivity index (χ4n) is 4.76. The van der Waals surface area contributed by atoms with Gasteiger partial charge in [0.2, 0.25) is 0 Å². The van der Waals surface area contributed by atoms with Crippen molar-refractivity contribution in [2.75, 3.05) is 37.6 Å². The largest absolute Gasteiger partial charge is 0.344 e. The number of hydrogen-bond acceptors (Lipinski definition) is 5. The van der Waals surface area contributed by atoms with Gasteiger partial charge in [0.1, 0.15) is 0 Å². The van der Waals surface area contributed by atoms with Crippen molar-refractivity contribution in [3.05, 3.63) is 60.2 Å². The summed E-state index contributed by atoms with van der Waals surface area (Å²) < 4.78 is 1.22. The number of carbonyl (C=O) groups excluding carboxylic acids is 1. The van der Waals surface area contributed by atoms with Crippen LogP contribution in [0.4, 0.5) is 9.93 Å². The van der Waals surface area contributed by atoms with E-state index in [1.165, 1.54) is 10.3 Å². The molecule has 168 valence electrons. The minimum absolute atomic E-state index is 0.0861. The lowest BCUT2D eigenvalue weighted by atomic mass is 10.0. The summed E-state index contributed by atoms with van der Waals surface area (Å²) in [5, 5.41) is 4.37. The Kier molecular flexibility index (Phi) is 6.28. The quantitative estimate of drug-likeness (QED) is 0.649. The first-order chi connectivity index (χ1) is 15.7. The molecule has 1 aromatic heterocycles. The van der Waals surface area contributed by atoms with Crippen LogP contribution in [-0.4, -0.2) is 65.6 Å². The third-order valence-corrected chi connectivity index (χ3v) is 7.70. The topological polar surface area (TPSA) is 51.7 Å². The Morgan fingerprint density at radius 2 is 1.78 bits per heavy atom. The van der Waals surface area contributed by atoms with Crippen LogP contribution in [0.2, 0.25) is 0 Å². The highest BCUT2D eigenvalue weighted by Gasteiger charge is 2.30. The number of carbonyl (C=O) groups is 1. The Labute approximate surface area is 193 Å². The monoisotopic (exact) mass is 449 g/mol. The smallest absolute Gasteiger partial charge is 0.317 e. The van der Waals surface area contributed by atoms with Gasteiger partial charge in [-0.3, -0.25) is 4.90 Å². The van der Waals surface area contributed by atoms with Crippen LogP contribution in [-0.2, 0) is 6.54 Å². The fourth-order valence-corrected chi connectivity index (χ4v) is 5.76. The summed E-state index contributed by atoms with van der Waals surface area (Å²) in [7, 11) is 0. The predicted octanol–water partition coefficient (Wildman–Crippen LogP) is 4.18. The number of thiazole rings is 1. The number of fused-ring (bicyclic) bond motifs is 1. The van der Waals surface area contributed by atoms with Gasteiger partial charge in [0.25, 0.3) is 0 Å². The molecule has 32 heavy (non-hydrogen) atoms. The zero-order valence-corrected chi connectivity index (χ0v) is 19.4. The molecule has 0 aliphatic carbocycles. The third-order valence-electron chi connectivity index (χ3n) is 6.61. The number of hydrogen-bond donors (Lipinski definition) is 1. The normalized spacial score (nSPS) is 20.6. The number of aromatic nitrogens is 1. The fraction of sp³-hybridized carbons (Fsp3) is 0.440. The summed E-state index contributed by atoms with van der Waals surface area (Å²) in [6, 6.07) is 19.4. The zero-order valence-electron chi connectivity index (χ0n) is 18.6. The van der Waals surface area contributed by atoms with E-state index in [0.29, 0.717) is 0 Å². The molecule has 1 N–H and O–H groups in total. The lowest BCUT2D eigenvalue weighted by molar-refractivity contribution is 0.153. The van der Waals surface area contributed by atoms with Crippen molar-refractivity contribution >= 4 is 32.7 Å². The highest BCUT2D eigenvalue weighted by molar-refractivity contribution is 7.22. The first-order valence-electron chi connectivity index (χ1n) is 11.6. The number of anilines is 1. The Morgan fingerprint density at radius 1 is 1.03 bits per heavy atom. The number of para-hydroxylation sites is 1. The minimum Gasteiger partial charge on any atom is -0.344 e. The number of piperazine rings is 1. The first kappa shape index (κ1) is 21.2. The van der Waals surface area contributed by atoms with E-state index in [9.17, 15) is 4.79 Å². The van der Waals surface area contributed by atoms with E-state index in [0.717, 1.165) is 62.8 Å². The van der Waals surface area contributed by atoms with E-state index in [-0.39, 0.29) is 18.1 Å². The molecule has 7 heteroatoms. The van der Waals surface area contributed by atoms with Gasteiger partial charge in [0, 0.05) is 51.4 Å². The van der Waals surface area contributed by atoms with Crippen molar-refractivity contribution < 1.29 is 4.79 Å². The molecule has 0 saturated carbocycles. The lowest BCUT2D eigenvalue weighted by Crippen LogP contribution is -2.58. The van der Waals surface area contributed by atoms with Gasteiger partial charge in [-0.1, -0.05) is 53.8 Å². The predicted molar refractivity (Wildman–Crippen MR) is 131 cm³/mol. The van der Waals surface area contributed by atoms with Crippen molar-refractivity contribution in [3.63, 3.8) is 0 Å². The van der Waals surface area contributed by atoms with Gasteiger partial charge in [-0.05, 0) is 37.5 Å². The minimum atomic E-state index is 0.0861. The summed E-state index contributed by atoms with van der Waals surface area (Å²) in [6.07, 6.45) is 2.03. The van der Waals surface area contributed by atoms with Crippen LogP contribution in [0.15, 0.2) is 54.6 Å². The van der Waals surface area contributed by atoms with E-state index in [4.69, 9.17) is 4.98 Å². The van der Waals surface area contributed by atoms with E-state index in [1.807, 2.05) is 11.0 Å². The average molecular weight is 450 g/mol. The van der Waals surface area contributed by atoms with Gasteiger partial charge in [-0.15, -0.1) is 0 Å². The average Bonchev–Trinajstić information content (AvgIpc) is 3.25. The number of benzene rings is 2. The molecule has 3 aromatic rings. The van der Waals surface area contributed by atoms with E-state index in [2.05, 4.69) is 70.6 Å². The highest BCUT2D eigenvalue weighted by atomic mass is 32.1. The number of nitrogens with one attached hydrogen (secondary N) is 1. The number of piperidine rings is 1. The van der Waals surface area contributed by atoms with E-state index in [1.54, 1.807) is 11.3 Å². The summed E-state index contributed by atoms with van der Waals surface area (Å²) in [4.78, 5) is 24.6. The van der Waals surface area contributed by atoms with Gasteiger partial charge in [0.15, 0.2) is 5.13 Å². The van der Waals surface area contributed by atoms with E-state index >= 15 is 0 Å². The molecule has 2 fully saturated rings. The maximum Gasteiger partial charge on any atom is 0.317 e. The first-order valence-corrected chi connectivity index (χ1v) is 12.4. The zero-order chi connectivity index (χ0) is 21.9. The number of amides is 2. The third kappa shape index (κ3) is 4.74. The standard InChI is InChI=1S/C25H31N5OS/c1-19-17-29(25-27-22-9-5-6-10-23(22)32-25)15-16-30(19)24(31)26-21-11-13-28(14-12-21)18-20-7-3-2-4-8-20/h2-10,19,21H,11-18H2,1H3,(H,26,31)/t19-/m1/s1. The van der Waals surface area contributed by atoms with Crippen LogP contribution in [0.25, 0.3) is 10.2 Å². The van der Waals surface area contributed by atoms with Crippen LogP contribution < -0.4 is 10.2 Å². The summed E-state index contributed by atoms with van der Waals surface area (Å²) in [5.74, 6) is 0. The van der Waals surface area contributed by atoms with Crippen LogP contribution in [0.1, 0.15) is 25.3 Å². The maximum atomic E-state index is 13.0. The Balaban J connectivity index is 1.11. The molecule has 2 amide bonds. The number of nitrogens with zero attached hydrogens (tertiary/aromatic N) is 4. The maximum absolute atomic E-state index is 13.0. The van der Waals surface area contributed by atoms with Gasteiger partial charge >= 0.3 is 6.03 Å². The second kappa shape index (κ2) is 9.46. The van der Waals surface area contributed by atoms with Gasteiger partial charge in [-0.25, -0.2) is 9.78 Å². The van der Waals surface area contributed by atoms with Gasteiger partial charge in [-0.2, -0.15) is 0 Å². The van der Waals surface area contributed by atoms with E-state index < -0.39 is 0 Å². The number of rotatable bonds is 4.